The number of carboxylic acid groups (broad SMARTS) is 1. The molecule has 0 radical (unpaired) electrons. The lowest BCUT2D eigenvalue weighted by Gasteiger charge is -2.03. The fourth-order valence-corrected chi connectivity index (χ4v) is 3.05. The van der Waals surface area contributed by atoms with Crippen molar-refractivity contribution in [3.63, 3.8) is 0 Å². The Morgan fingerprint density at radius 2 is 2.18 bits per heavy atom. The van der Waals surface area contributed by atoms with Crippen LogP contribution in [-0.4, -0.2) is 16.1 Å². The zero-order valence-electron chi connectivity index (χ0n) is 9.45. The van der Waals surface area contributed by atoms with E-state index in [4.69, 9.17) is 5.11 Å². The van der Waals surface area contributed by atoms with E-state index in [0.29, 0.717) is 5.56 Å². The van der Waals surface area contributed by atoms with Crippen LogP contribution < -0.4 is 0 Å². The van der Waals surface area contributed by atoms with Gasteiger partial charge in [-0.15, -0.1) is 11.3 Å². The first-order chi connectivity index (χ1) is 7.99. The van der Waals surface area contributed by atoms with Gasteiger partial charge in [0, 0.05) is 5.69 Å². The Bertz CT molecular complexity index is 557. The van der Waals surface area contributed by atoms with Gasteiger partial charge in [0.1, 0.15) is 0 Å². The molecule has 3 nitrogen and oxygen atoms in total. The van der Waals surface area contributed by atoms with Gasteiger partial charge in [0.15, 0.2) is 0 Å². The zero-order valence-corrected chi connectivity index (χ0v) is 11.9. The average Bonchev–Trinajstić information content (AvgIpc) is 2.82. The lowest BCUT2D eigenvalue weighted by molar-refractivity contribution is 0.0695. The van der Waals surface area contributed by atoms with Crippen LogP contribution in [0.2, 0.25) is 0 Å². The van der Waals surface area contributed by atoms with Crippen LogP contribution in [0.25, 0.3) is 10.6 Å². The Kier molecular flexibility index (Phi) is 3.40. The quantitative estimate of drug-likeness (QED) is 0.886. The Balaban J connectivity index is 2.50. The molecule has 0 fully saturated rings. The third-order valence-corrected chi connectivity index (χ3v) is 4.15. The number of carboxylic acids is 1. The lowest BCUT2D eigenvalue weighted by Crippen LogP contribution is -2.01. The second-order valence-corrected chi connectivity index (χ2v) is 6.54. The molecule has 0 bridgehead atoms. The summed E-state index contributed by atoms with van der Waals surface area (Å²) in [4.78, 5) is 15.4. The molecule has 0 aliphatic rings. The molecule has 2 aromatic heterocycles. The number of hydrogen-bond acceptors (Lipinski definition) is 2. The first kappa shape index (κ1) is 12.4. The summed E-state index contributed by atoms with van der Waals surface area (Å²) in [6.07, 6.45) is 0. The highest BCUT2D eigenvalue weighted by atomic mass is 79.9. The highest BCUT2D eigenvalue weighted by molar-refractivity contribution is 9.11. The topological polar surface area (TPSA) is 53.1 Å². The van der Waals surface area contributed by atoms with E-state index in [0.717, 1.165) is 20.1 Å². The van der Waals surface area contributed by atoms with Crippen molar-refractivity contribution in [2.75, 3.05) is 0 Å². The monoisotopic (exact) mass is 313 g/mol. The summed E-state index contributed by atoms with van der Waals surface area (Å²) in [7, 11) is 0. The van der Waals surface area contributed by atoms with Crippen molar-refractivity contribution in [1.29, 1.82) is 0 Å². The van der Waals surface area contributed by atoms with E-state index in [9.17, 15) is 4.79 Å². The average molecular weight is 314 g/mol. The first-order valence-corrected chi connectivity index (χ1v) is 6.82. The SMILES string of the molecule is CC(C)c1[nH]c(-c2ccc(Br)s2)cc1C(=O)O. The van der Waals surface area contributed by atoms with Crippen LogP contribution in [0.5, 0.6) is 0 Å². The molecule has 5 heteroatoms. The maximum atomic E-state index is 11.2. The van der Waals surface area contributed by atoms with Gasteiger partial charge in [0.2, 0.25) is 0 Å². The van der Waals surface area contributed by atoms with Gasteiger partial charge in [0.05, 0.1) is 19.9 Å². The molecule has 0 aromatic carbocycles. The van der Waals surface area contributed by atoms with Crippen LogP contribution >= 0.6 is 27.3 Å². The van der Waals surface area contributed by atoms with Crippen LogP contribution in [0.15, 0.2) is 22.0 Å². The molecule has 0 unspecified atom stereocenters. The maximum absolute atomic E-state index is 11.2. The molecular weight excluding hydrogens is 302 g/mol. The zero-order chi connectivity index (χ0) is 12.6. The van der Waals surface area contributed by atoms with Crippen molar-refractivity contribution in [2.24, 2.45) is 0 Å². The number of aromatic carboxylic acids is 1. The minimum Gasteiger partial charge on any atom is -0.478 e. The normalized spacial score (nSPS) is 11.1. The second-order valence-electron chi connectivity index (χ2n) is 4.07. The summed E-state index contributed by atoms with van der Waals surface area (Å²) < 4.78 is 1.03. The molecule has 0 aliphatic carbocycles. The molecule has 2 aromatic rings. The second kappa shape index (κ2) is 4.66. The predicted molar refractivity (Wildman–Crippen MR) is 72.9 cm³/mol. The molecule has 0 saturated heterocycles. The van der Waals surface area contributed by atoms with E-state index >= 15 is 0 Å². The standard InChI is InChI=1S/C12H12BrNO2S/c1-6(2)11-7(12(15)16)5-8(14-11)9-3-4-10(13)17-9/h3-6,14H,1-2H3,(H,15,16). The molecular formula is C12H12BrNO2S. The number of nitrogens with one attached hydrogen (secondary N) is 1. The van der Waals surface area contributed by atoms with Gasteiger partial charge in [-0.05, 0) is 40.0 Å². The fraction of sp³-hybridized carbons (Fsp3) is 0.250. The van der Waals surface area contributed by atoms with Gasteiger partial charge >= 0.3 is 5.97 Å². The van der Waals surface area contributed by atoms with Gasteiger partial charge in [-0.3, -0.25) is 0 Å². The van der Waals surface area contributed by atoms with Crippen molar-refractivity contribution in [2.45, 2.75) is 19.8 Å². The van der Waals surface area contributed by atoms with Crippen LogP contribution in [0.4, 0.5) is 0 Å². The lowest BCUT2D eigenvalue weighted by atomic mass is 10.1. The van der Waals surface area contributed by atoms with Crippen molar-refractivity contribution in [1.82, 2.24) is 4.98 Å². The summed E-state index contributed by atoms with van der Waals surface area (Å²) in [5.74, 6) is -0.718. The molecule has 17 heavy (non-hydrogen) atoms. The van der Waals surface area contributed by atoms with E-state index in [-0.39, 0.29) is 5.92 Å². The number of rotatable bonds is 3. The molecule has 2 heterocycles. The summed E-state index contributed by atoms with van der Waals surface area (Å²) in [6.45, 7) is 3.96. The largest absolute Gasteiger partial charge is 0.478 e. The summed E-state index contributed by atoms with van der Waals surface area (Å²) in [5, 5.41) is 9.15. The number of H-pyrrole nitrogens is 1. The minimum atomic E-state index is -0.883. The molecule has 0 atom stereocenters. The van der Waals surface area contributed by atoms with Gasteiger partial charge < -0.3 is 10.1 Å². The van der Waals surface area contributed by atoms with Crippen molar-refractivity contribution in [3.05, 3.63) is 33.2 Å². The molecule has 2 N–H and O–H groups in total. The molecule has 0 spiro atoms. The number of thiophene rings is 1. The van der Waals surface area contributed by atoms with E-state index in [1.165, 1.54) is 0 Å². The minimum absolute atomic E-state index is 0.165. The van der Waals surface area contributed by atoms with Crippen LogP contribution in [0.1, 0.15) is 35.8 Å². The van der Waals surface area contributed by atoms with E-state index in [1.807, 2.05) is 26.0 Å². The first-order valence-electron chi connectivity index (χ1n) is 5.21. The highest BCUT2D eigenvalue weighted by Crippen LogP contribution is 2.33. The number of halogens is 1. The van der Waals surface area contributed by atoms with E-state index in [2.05, 4.69) is 20.9 Å². The third-order valence-electron chi connectivity index (χ3n) is 2.49. The van der Waals surface area contributed by atoms with Crippen LogP contribution in [0.3, 0.4) is 0 Å². The van der Waals surface area contributed by atoms with E-state index in [1.54, 1.807) is 17.4 Å². The van der Waals surface area contributed by atoms with Crippen LogP contribution in [0, 0.1) is 0 Å². The van der Waals surface area contributed by atoms with Crippen LogP contribution in [-0.2, 0) is 0 Å². The van der Waals surface area contributed by atoms with Gasteiger partial charge in [-0.25, -0.2) is 4.79 Å². The van der Waals surface area contributed by atoms with Crippen molar-refractivity contribution >= 4 is 33.2 Å². The van der Waals surface area contributed by atoms with Gasteiger partial charge in [-0.2, -0.15) is 0 Å². The smallest absolute Gasteiger partial charge is 0.337 e. The highest BCUT2D eigenvalue weighted by Gasteiger charge is 2.18. The molecule has 0 amide bonds. The summed E-state index contributed by atoms with van der Waals surface area (Å²) in [5.41, 5.74) is 2.00. The number of aromatic nitrogens is 1. The van der Waals surface area contributed by atoms with Crippen molar-refractivity contribution < 1.29 is 9.90 Å². The summed E-state index contributed by atoms with van der Waals surface area (Å²) >= 11 is 4.98. The predicted octanol–water partition coefficient (Wildman–Crippen LogP) is 4.33. The Hall–Kier alpha value is -1.07. The molecule has 90 valence electrons. The number of carbonyl (C=O) groups is 1. The Labute approximate surface area is 112 Å². The maximum Gasteiger partial charge on any atom is 0.337 e. The summed E-state index contributed by atoms with van der Waals surface area (Å²) in [6, 6.07) is 5.63. The van der Waals surface area contributed by atoms with Gasteiger partial charge in [0.25, 0.3) is 0 Å². The number of aromatic amines is 1. The molecule has 0 saturated carbocycles. The Morgan fingerprint density at radius 1 is 1.47 bits per heavy atom. The molecule has 0 aliphatic heterocycles. The third kappa shape index (κ3) is 2.45. The fourth-order valence-electron chi connectivity index (χ4n) is 1.69. The van der Waals surface area contributed by atoms with E-state index < -0.39 is 5.97 Å². The van der Waals surface area contributed by atoms with Gasteiger partial charge in [-0.1, -0.05) is 13.8 Å². The Morgan fingerprint density at radius 3 is 2.59 bits per heavy atom. The molecule has 2 rings (SSSR count). The van der Waals surface area contributed by atoms with Crippen molar-refractivity contribution in [3.8, 4) is 10.6 Å². The number of hydrogen-bond donors (Lipinski definition) is 2.